The summed E-state index contributed by atoms with van der Waals surface area (Å²) in [6.07, 6.45) is 3.95. The van der Waals surface area contributed by atoms with Crippen molar-refractivity contribution in [3.63, 3.8) is 0 Å². The van der Waals surface area contributed by atoms with E-state index in [1.54, 1.807) is 48.5 Å². The summed E-state index contributed by atoms with van der Waals surface area (Å²) in [5, 5.41) is 2.77. The second-order valence-corrected chi connectivity index (χ2v) is 8.56. The van der Waals surface area contributed by atoms with E-state index in [0.717, 1.165) is 25.7 Å². The maximum Gasteiger partial charge on any atom is 0.259 e. The van der Waals surface area contributed by atoms with Crippen molar-refractivity contribution in [2.75, 3.05) is 18.4 Å². The fourth-order valence-corrected chi connectivity index (χ4v) is 4.71. The van der Waals surface area contributed by atoms with Gasteiger partial charge in [0.15, 0.2) is 0 Å². The molecule has 26 heavy (non-hydrogen) atoms. The molecule has 0 unspecified atom stereocenters. The topological polar surface area (TPSA) is 79.6 Å². The van der Waals surface area contributed by atoms with Crippen LogP contribution in [0.25, 0.3) is 0 Å². The minimum Gasteiger partial charge on any atom is -0.466 e. The van der Waals surface area contributed by atoms with Crippen LogP contribution in [-0.4, -0.2) is 31.7 Å². The van der Waals surface area contributed by atoms with Crippen molar-refractivity contribution in [2.45, 2.75) is 44.4 Å². The molecule has 2 heterocycles. The van der Waals surface area contributed by atoms with E-state index in [2.05, 4.69) is 5.32 Å². The highest BCUT2D eigenvalue weighted by atomic mass is 32.2. The van der Waals surface area contributed by atoms with Gasteiger partial charge in [-0.25, -0.2) is 8.42 Å². The van der Waals surface area contributed by atoms with E-state index < -0.39 is 10.0 Å². The lowest BCUT2D eigenvalue weighted by molar-refractivity contribution is 0.102. The van der Waals surface area contributed by atoms with Gasteiger partial charge in [0.25, 0.3) is 5.91 Å². The van der Waals surface area contributed by atoms with Crippen LogP contribution in [0.15, 0.2) is 39.6 Å². The standard InChI is InChI=1S/C19H24N2O4S/c1-14-13-18(15(2)25-14)19(22)20-16-7-9-17(10-8-16)26(23,24)21-11-5-3-4-6-12-21/h7-10,13H,3-6,11-12H2,1-2H3,(H,20,22). The Hall–Kier alpha value is -2.12. The maximum absolute atomic E-state index is 12.8. The molecular weight excluding hydrogens is 352 g/mol. The smallest absolute Gasteiger partial charge is 0.259 e. The third-order valence-electron chi connectivity index (χ3n) is 4.60. The molecule has 1 N–H and O–H groups in total. The van der Waals surface area contributed by atoms with Gasteiger partial charge in [-0.3, -0.25) is 4.79 Å². The minimum absolute atomic E-state index is 0.257. The summed E-state index contributed by atoms with van der Waals surface area (Å²) in [4.78, 5) is 12.6. The van der Waals surface area contributed by atoms with E-state index in [1.165, 1.54) is 0 Å². The predicted octanol–water partition coefficient (Wildman–Crippen LogP) is 3.71. The number of rotatable bonds is 4. The van der Waals surface area contributed by atoms with Crippen LogP contribution < -0.4 is 5.32 Å². The molecule has 1 saturated heterocycles. The van der Waals surface area contributed by atoms with E-state index in [1.807, 2.05) is 0 Å². The highest BCUT2D eigenvalue weighted by molar-refractivity contribution is 7.89. The molecule has 7 heteroatoms. The Bertz CT molecular complexity index is 877. The Morgan fingerprint density at radius 2 is 1.65 bits per heavy atom. The fourth-order valence-electron chi connectivity index (χ4n) is 3.20. The molecule has 1 aliphatic rings. The fraction of sp³-hybridized carbons (Fsp3) is 0.421. The number of hydrogen-bond donors (Lipinski definition) is 1. The van der Waals surface area contributed by atoms with Crippen LogP contribution >= 0.6 is 0 Å². The molecule has 2 aromatic rings. The van der Waals surface area contributed by atoms with Crippen LogP contribution in [0.3, 0.4) is 0 Å². The zero-order chi connectivity index (χ0) is 18.7. The highest BCUT2D eigenvalue weighted by Gasteiger charge is 2.25. The average Bonchev–Trinajstić information content (AvgIpc) is 2.80. The van der Waals surface area contributed by atoms with Gasteiger partial charge in [0.2, 0.25) is 10.0 Å². The number of carbonyl (C=O) groups is 1. The van der Waals surface area contributed by atoms with Gasteiger partial charge in [0.05, 0.1) is 10.5 Å². The van der Waals surface area contributed by atoms with Crippen LogP contribution in [0.5, 0.6) is 0 Å². The van der Waals surface area contributed by atoms with E-state index in [-0.39, 0.29) is 10.8 Å². The highest BCUT2D eigenvalue weighted by Crippen LogP contribution is 2.22. The third kappa shape index (κ3) is 3.99. The van der Waals surface area contributed by atoms with Crippen LogP contribution in [-0.2, 0) is 10.0 Å². The Morgan fingerprint density at radius 3 is 2.19 bits per heavy atom. The van der Waals surface area contributed by atoms with E-state index in [0.29, 0.717) is 35.9 Å². The molecule has 0 saturated carbocycles. The first-order chi connectivity index (χ1) is 12.4. The van der Waals surface area contributed by atoms with Gasteiger partial charge in [0, 0.05) is 18.8 Å². The number of amides is 1. The number of nitrogens with one attached hydrogen (secondary N) is 1. The van der Waals surface area contributed by atoms with Crippen molar-refractivity contribution in [3.8, 4) is 0 Å². The molecule has 6 nitrogen and oxygen atoms in total. The summed E-state index contributed by atoms with van der Waals surface area (Å²) in [5.41, 5.74) is 1.02. The van der Waals surface area contributed by atoms with Gasteiger partial charge in [-0.1, -0.05) is 12.8 Å². The zero-order valence-electron chi connectivity index (χ0n) is 15.1. The van der Waals surface area contributed by atoms with Crippen molar-refractivity contribution in [1.82, 2.24) is 4.31 Å². The lowest BCUT2D eigenvalue weighted by atomic mass is 10.2. The van der Waals surface area contributed by atoms with Crippen molar-refractivity contribution in [1.29, 1.82) is 0 Å². The second kappa shape index (κ2) is 7.63. The largest absolute Gasteiger partial charge is 0.466 e. The van der Waals surface area contributed by atoms with Crippen LogP contribution in [0.2, 0.25) is 0 Å². The number of aryl methyl sites for hydroxylation is 2. The molecule has 0 spiro atoms. The number of furan rings is 1. The predicted molar refractivity (Wildman–Crippen MR) is 99.8 cm³/mol. The van der Waals surface area contributed by atoms with Crippen molar-refractivity contribution in [2.24, 2.45) is 0 Å². The van der Waals surface area contributed by atoms with Crippen LogP contribution in [0.1, 0.15) is 47.6 Å². The quantitative estimate of drug-likeness (QED) is 0.882. The first-order valence-corrected chi connectivity index (χ1v) is 10.3. The minimum atomic E-state index is -3.48. The summed E-state index contributed by atoms with van der Waals surface area (Å²) in [7, 11) is -3.48. The Balaban J connectivity index is 1.73. The van der Waals surface area contributed by atoms with E-state index >= 15 is 0 Å². The molecule has 1 fully saturated rings. The molecule has 1 amide bonds. The van der Waals surface area contributed by atoms with Gasteiger partial charge >= 0.3 is 0 Å². The molecule has 1 aromatic carbocycles. The van der Waals surface area contributed by atoms with E-state index in [4.69, 9.17) is 4.42 Å². The molecular formula is C19H24N2O4S. The second-order valence-electron chi connectivity index (χ2n) is 6.62. The number of nitrogens with zero attached hydrogens (tertiary/aromatic N) is 1. The number of anilines is 1. The Labute approximate surface area is 154 Å². The van der Waals surface area contributed by atoms with Crippen LogP contribution in [0, 0.1) is 13.8 Å². The van der Waals surface area contributed by atoms with Gasteiger partial charge in [-0.05, 0) is 57.0 Å². The normalized spacial score (nSPS) is 16.2. The number of benzene rings is 1. The van der Waals surface area contributed by atoms with E-state index in [9.17, 15) is 13.2 Å². The summed E-state index contributed by atoms with van der Waals surface area (Å²) < 4.78 is 32.5. The Kier molecular flexibility index (Phi) is 5.48. The number of sulfonamides is 1. The van der Waals surface area contributed by atoms with Crippen LogP contribution in [0.4, 0.5) is 5.69 Å². The molecule has 140 valence electrons. The number of hydrogen-bond acceptors (Lipinski definition) is 4. The first-order valence-electron chi connectivity index (χ1n) is 8.86. The third-order valence-corrected chi connectivity index (χ3v) is 6.51. The molecule has 1 aromatic heterocycles. The number of carbonyl (C=O) groups excluding carboxylic acids is 1. The summed E-state index contributed by atoms with van der Waals surface area (Å²) in [6, 6.07) is 8.01. The van der Waals surface area contributed by atoms with Gasteiger partial charge in [-0.2, -0.15) is 4.31 Å². The van der Waals surface area contributed by atoms with Gasteiger partial charge in [0.1, 0.15) is 11.5 Å². The summed E-state index contributed by atoms with van der Waals surface area (Å²) in [6.45, 7) is 4.66. The summed E-state index contributed by atoms with van der Waals surface area (Å²) >= 11 is 0. The molecule has 1 aliphatic heterocycles. The van der Waals surface area contributed by atoms with Crippen molar-refractivity contribution >= 4 is 21.6 Å². The Morgan fingerprint density at radius 1 is 1.04 bits per heavy atom. The van der Waals surface area contributed by atoms with Crippen molar-refractivity contribution in [3.05, 3.63) is 47.4 Å². The van der Waals surface area contributed by atoms with Crippen molar-refractivity contribution < 1.29 is 17.6 Å². The molecule has 0 bridgehead atoms. The molecule has 3 rings (SSSR count). The monoisotopic (exact) mass is 376 g/mol. The average molecular weight is 376 g/mol. The first kappa shape index (κ1) is 18.7. The summed E-state index contributed by atoms with van der Waals surface area (Å²) in [5.74, 6) is 0.953. The SMILES string of the molecule is Cc1cc(C(=O)Nc2ccc(S(=O)(=O)N3CCCCCC3)cc2)c(C)o1. The molecule has 0 radical (unpaired) electrons. The van der Waals surface area contributed by atoms with Gasteiger partial charge < -0.3 is 9.73 Å². The van der Waals surface area contributed by atoms with Gasteiger partial charge in [-0.15, -0.1) is 0 Å². The lowest BCUT2D eigenvalue weighted by Gasteiger charge is -2.20. The molecule has 0 atom stereocenters. The molecule has 0 aliphatic carbocycles. The maximum atomic E-state index is 12.8. The lowest BCUT2D eigenvalue weighted by Crippen LogP contribution is -2.31. The zero-order valence-corrected chi connectivity index (χ0v) is 15.9.